The molecule has 0 unspecified atom stereocenters. The number of para-hydroxylation sites is 1. The van der Waals surface area contributed by atoms with Crippen LogP contribution in [0.15, 0.2) is 30.3 Å². The van der Waals surface area contributed by atoms with Crippen molar-refractivity contribution in [3.63, 3.8) is 0 Å². The molecule has 0 atom stereocenters. The van der Waals surface area contributed by atoms with Crippen molar-refractivity contribution in [1.29, 1.82) is 0 Å². The second kappa shape index (κ2) is 8.04. The summed E-state index contributed by atoms with van der Waals surface area (Å²) in [5, 5.41) is 3.02. The molecule has 0 aliphatic carbocycles. The normalized spacial score (nSPS) is 15.6. The molecule has 0 spiro atoms. The lowest BCUT2D eigenvalue weighted by molar-refractivity contribution is 0.202. The molecule has 1 aliphatic rings. The van der Waals surface area contributed by atoms with E-state index in [1.807, 2.05) is 41.9 Å². The largest absolute Gasteiger partial charge is 0.373 e. The first-order valence-electron chi connectivity index (χ1n) is 7.14. The van der Waals surface area contributed by atoms with E-state index in [9.17, 15) is 4.79 Å². The van der Waals surface area contributed by atoms with Crippen molar-refractivity contribution in [1.82, 2.24) is 10.2 Å². The van der Waals surface area contributed by atoms with Crippen LogP contribution >= 0.6 is 11.8 Å². The zero-order chi connectivity index (χ0) is 14.2. The molecule has 0 radical (unpaired) electrons. The van der Waals surface area contributed by atoms with E-state index in [1.54, 1.807) is 0 Å². The Morgan fingerprint density at radius 2 is 2.10 bits per heavy atom. The van der Waals surface area contributed by atoms with Crippen LogP contribution < -0.4 is 10.2 Å². The van der Waals surface area contributed by atoms with Crippen LogP contribution in [0.2, 0.25) is 0 Å². The van der Waals surface area contributed by atoms with E-state index in [0.717, 1.165) is 31.8 Å². The lowest BCUT2D eigenvalue weighted by Gasteiger charge is -2.23. The van der Waals surface area contributed by atoms with Gasteiger partial charge in [-0.1, -0.05) is 18.2 Å². The number of anilines is 1. The number of carbonyl (C=O) groups is 1. The Hall–Kier alpha value is -1.36. The van der Waals surface area contributed by atoms with Crippen molar-refractivity contribution in [2.24, 2.45) is 0 Å². The minimum absolute atomic E-state index is 0.0777. The van der Waals surface area contributed by atoms with E-state index in [0.29, 0.717) is 6.54 Å². The number of urea groups is 1. The third kappa shape index (κ3) is 4.63. The van der Waals surface area contributed by atoms with Crippen LogP contribution in [0.1, 0.15) is 6.42 Å². The summed E-state index contributed by atoms with van der Waals surface area (Å²) in [4.78, 5) is 16.1. The number of hydrogen-bond donors (Lipinski definition) is 1. The summed E-state index contributed by atoms with van der Waals surface area (Å²) >= 11 is 1.93. The van der Waals surface area contributed by atoms with Crippen LogP contribution in [0.3, 0.4) is 0 Å². The Morgan fingerprint density at radius 3 is 2.90 bits per heavy atom. The van der Waals surface area contributed by atoms with Gasteiger partial charge >= 0.3 is 6.03 Å². The fraction of sp³-hybridized carbons (Fsp3) is 0.533. The standard InChI is InChI=1S/C15H23N3OS/c1-17(14-6-3-2-4-7-14)10-8-16-15(19)18-9-5-12-20-13-11-18/h2-4,6-7H,5,8-13H2,1H3,(H,16,19). The van der Waals surface area contributed by atoms with Gasteiger partial charge in [-0.3, -0.25) is 0 Å². The predicted molar refractivity (Wildman–Crippen MR) is 86.6 cm³/mol. The highest BCUT2D eigenvalue weighted by molar-refractivity contribution is 7.99. The highest BCUT2D eigenvalue weighted by atomic mass is 32.2. The third-order valence-electron chi connectivity index (χ3n) is 3.43. The van der Waals surface area contributed by atoms with Crippen LogP contribution in [0.25, 0.3) is 0 Å². The van der Waals surface area contributed by atoms with Gasteiger partial charge in [-0.2, -0.15) is 11.8 Å². The third-order valence-corrected chi connectivity index (χ3v) is 4.48. The van der Waals surface area contributed by atoms with Gasteiger partial charge in [-0.15, -0.1) is 0 Å². The average molecular weight is 293 g/mol. The van der Waals surface area contributed by atoms with Gasteiger partial charge in [0.2, 0.25) is 0 Å². The summed E-state index contributed by atoms with van der Waals surface area (Å²) in [5.74, 6) is 2.22. The minimum Gasteiger partial charge on any atom is -0.373 e. The molecule has 20 heavy (non-hydrogen) atoms. The first-order valence-corrected chi connectivity index (χ1v) is 8.29. The van der Waals surface area contributed by atoms with Gasteiger partial charge in [0.1, 0.15) is 0 Å². The summed E-state index contributed by atoms with van der Waals surface area (Å²) in [6, 6.07) is 10.3. The molecule has 110 valence electrons. The monoisotopic (exact) mass is 293 g/mol. The summed E-state index contributed by atoms with van der Waals surface area (Å²) in [6.07, 6.45) is 1.10. The van der Waals surface area contributed by atoms with Crippen molar-refractivity contribution in [2.75, 3.05) is 49.6 Å². The fourth-order valence-corrected chi connectivity index (χ4v) is 3.09. The summed E-state index contributed by atoms with van der Waals surface area (Å²) in [6.45, 7) is 3.24. The maximum absolute atomic E-state index is 12.1. The zero-order valence-electron chi connectivity index (χ0n) is 12.0. The lowest BCUT2D eigenvalue weighted by atomic mass is 10.3. The Morgan fingerprint density at radius 1 is 1.30 bits per heavy atom. The Bertz CT molecular complexity index is 405. The molecule has 5 heteroatoms. The van der Waals surface area contributed by atoms with Crippen LogP contribution in [0.5, 0.6) is 0 Å². The number of likely N-dealkylation sites (N-methyl/N-ethyl adjacent to an activating group) is 1. The van der Waals surface area contributed by atoms with Crippen LogP contribution in [0, 0.1) is 0 Å². The predicted octanol–water partition coefficient (Wildman–Crippen LogP) is 2.27. The molecule has 0 bridgehead atoms. The van der Waals surface area contributed by atoms with E-state index in [-0.39, 0.29) is 6.03 Å². The van der Waals surface area contributed by atoms with Crippen molar-refractivity contribution in [3.05, 3.63) is 30.3 Å². The van der Waals surface area contributed by atoms with E-state index in [4.69, 9.17) is 0 Å². The first kappa shape index (κ1) is 15.0. The van der Waals surface area contributed by atoms with Crippen LogP contribution in [-0.4, -0.2) is 55.7 Å². The van der Waals surface area contributed by atoms with Crippen molar-refractivity contribution in [2.45, 2.75) is 6.42 Å². The summed E-state index contributed by atoms with van der Waals surface area (Å²) < 4.78 is 0. The van der Waals surface area contributed by atoms with Gasteiger partial charge < -0.3 is 15.1 Å². The molecule has 0 saturated carbocycles. The fourth-order valence-electron chi connectivity index (χ4n) is 2.20. The number of hydrogen-bond acceptors (Lipinski definition) is 3. The quantitative estimate of drug-likeness (QED) is 0.925. The molecule has 1 aromatic rings. The van der Waals surface area contributed by atoms with E-state index < -0.39 is 0 Å². The van der Waals surface area contributed by atoms with Crippen LogP contribution in [-0.2, 0) is 0 Å². The van der Waals surface area contributed by atoms with Crippen molar-refractivity contribution < 1.29 is 4.79 Å². The number of carbonyl (C=O) groups excluding carboxylic acids is 1. The van der Waals surface area contributed by atoms with Gasteiger partial charge in [0, 0.05) is 44.7 Å². The zero-order valence-corrected chi connectivity index (χ0v) is 12.9. The number of rotatable bonds is 4. The van der Waals surface area contributed by atoms with Crippen molar-refractivity contribution >= 4 is 23.5 Å². The summed E-state index contributed by atoms with van der Waals surface area (Å²) in [7, 11) is 2.05. The van der Waals surface area contributed by atoms with Gasteiger partial charge in [-0.05, 0) is 24.3 Å². The van der Waals surface area contributed by atoms with Gasteiger partial charge in [0.25, 0.3) is 0 Å². The van der Waals surface area contributed by atoms with E-state index in [1.165, 1.54) is 11.4 Å². The molecule has 4 nitrogen and oxygen atoms in total. The van der Waals surface area contributed by atoms with Crippen LogP contribution in [0.4, 0.5) is 10.5 Å². The molecule has 1 N–H and O–H groups in total. The number of amides is 2. The molecule has 1 fully saturated rings. The molecule has 2 amide bonds. The maximum Gasteiger partial charge on any atom is 0.317 e. The van der Waals surface area contributed by atoms with Crippen molar-refractivity contribution in [3.8, 4) is 0 Å². The highest BCUT2D eigenvalue weighted by Crippen LogP contribution is 2.11. The van der Waals surface area contributed by atoms with E-state index >= 15 is 0 Å². The number of benzene rings is 1. The Kier molecular flexibility index (Phi) is 6.05. The Balaban J connectivity index is 1.71. The average Bonchev–Trinajstić information content (AvgIpc) is 2.77. The molecule has 2 rings (SSSR count). The van der Waals surface area contributed by atoms with Gasteiger partial charge in [0.05, 0.1) is 0 Å². The Labute approximate surface area is 125 Å². The smallest absolute Gasteiger partial charge is 0.317 e. The molecular formula is C15H23N3OS. The van der Waals surface area contributed by atoms with Gasteiger partial charge in [0.15, 0.2) is 0 Å². The molecule has 1 heterocycles. The summed E-state index contributed by atoms with van der Waals surface area (Å²) in [5.41, 5.74) is 1.17. The maximum atomic E-state index is 12.1. The SMILES string of the molecule is CN(CCNC(=O)N1CCCSCC1)c1ccccc1. The molecule has 1 aliphatic heterocycles. The first-order chi connectivity index (χ1) is 9.77. The number of nitrogens with one attached hydrogen (secondary N) is 1. The topological polar surface area (TPSA) is 35.6 Å². The number of nitrogens with zero attached hydrogens (tertiary/aromatic N) is 2. The number of thioether (sulfide) groups is 1. The molecule has 1 aromatic carbocycles. The second-order valence-electron chi connectivity index (χ2n) is 4.94. The molecule has 1 saturated heterocycles. The molecular weight excluding hydrogens is 270 g/mol. The molecule has 0 aromatic heterocycles. The van der Waals surface area contributed by atoms with Gasteiger partial charge in [-0.25, -0.2) is 4.79 Å². The minimum atomic E-state index is 0.0777. The second-order valence-corrected chi connectivity index (χ2v) is 6.17. The lowest BCUT2D eigenvalue weighted by Crippen LogP contribution is -2.43. The van der Waals surface area contributed by atoms with E-state index in [2.05, 4.69) is 22.3 Å². The highest BCUT2D eigenvalue weighted by Gasteiger charge is 2.14.